The average Bonchev–Trinajstić information content (AvgIpc) is 2.49. The smallest absolute Gasteiger partial charge is 0.162 e. The molecule has 3 heteroatoms. The second-order valence-corrected chi connectivity index (χ2v) is 5.09. The molecule has 2 aromatic rings. The summed E-state index contributed by atoms with van der Waals surface area (Å²) in [5, 5.41) is 4.11. The molecule has 2 rings (SSSR count). The van der Waals surface area contributed by atoms with Gasteiger partial charge in [-0.1, -0.05) is 30.7 Å². The number of hydrogen-bond acceptors (Lipinski definition) is 2. The second-order valence-electron chi connectivity index (χ2n) is 4.66. The molecule has 0 aliphatic heterocycles. The molecule has 0 spiro atoms. The maximum Gasteiger partial charge on any atom is 0.162 e. The molecule has 0 aliphatic rings. The Hall–Kier alpha value is -1.80. The second kappa shape index (κ2) is 7.11. The number of rotatable bonds is 6. The molecular weight excluding hydrogens is 270 g/mol. The van der Waals surface area contributed by atoms with Crippen molar-refractivity contribution in [3.05, 3.63) is 64.7 Å². The highest BCUT2D eigenvalue weighted by Gasteiger charge is 2.02. The fourth-order valence-corrected chi connectivity index (χ4v) is 2.11. The highest BCUT2D eigenvalue weighted by Crippen LogP contribution is 2.13. The van der Waals surface area contributed by atoms with Crippen LogP contribution < -0.4 is 5.32 Å². The van der Waals surface area contributed by atoms with E-state index in [1.54, 1.807) is 0 Å². The Morgan fingerprint density at radius 2 is 1.70 bits per heavy atom. The van der Waals surface area contributed by atoms with Crippen LogP contribution in [0.1, 0.15) is 29.3 Å². The summed E-state index contributed by atoms with van der Waals surface area (Å²) in [5.74, 6) is 0.178. The van der Waals surface area contributed by atoms with Crippen molar-refractivity contribution in [3.63, 3.8) is 0 Å². The van der Waals surface area contributed by atoms with Crippen molar-refractivity contribution < 1.29 is 4.79 Å². The summed E-state index contributed by atoms with van der Waals surface area (Å²) in [4.78, 5) is 11.5. The summed E-state index contributed by atoms with van der Waals surface area (Å²) in [6, 6.07) is 15.5. The van der Waals surface area contributed by atoms with Crippen molar-refractivity contribution in [1.82, 2.24) is 0 Å². The van der Waals surface area contributed by atoms with Gasteiger partial charge in [-0.3, -0.25) is 4.79 Å². The lowest BCUT2D eigenvalue weighted by Gasteiger charge is -2.07. The van der Waals surface area contributed by atoms with Crippen molar-refractivity contribution in [2.75, 3.05) is 11.9 Å². The third-order valence-corrected chi connectivity index (χ3v) is 3.44. The van der Waals surface area contributed by atoms with Crippen LogP contribution in [0.5, 0.6) is 0 Å². The minimum absolute atomic E-state index is 0.178. The quantitative estimate of drug-likeness (QED) is 0.788. The number of carbonyl (C=O) groups is 1. The number of benzene rings is 2. The molecule has 0 saturated carbocycles. The summed E-state index contributed by atoms with van der Waals surface area (Å²) in [5.41, 5.74) is 3.06. The standard InChI is InChI=1S/C17H18ClNO/c1-2-17(20)14-5-9-16(10-6-14)19-12-11-13-3-7-15(18)8-4-13/h3-10,19H,2,11-12H2,1H3. The topological polar surface area (TPSA) is 29.1 Å². The SMILES string of the molecule is CCC(=O)c1ccc(NCCc2ccc(Cl)cc2)cc1. The molecule has 0 aliphatic carbocycles. The molecule has 0 unspecified atom stereocenters. The van der Waals surface area contributed by atoms with Crippen molar-refractivity contribution >= 4 is 23.1 Å². The van der Waals surface area contributed by atoms with Crippen LogP contribution >= 0.6 is 11.6 Å². The maximum atomic E-state index is 11.5. The van der Waals surface area contributed by atoms with E-state index in [1.165, 1.54) is 5.56 Å². The van der Waals surface area contributed by atoms with Gasteiger partial charge in [0.1, 0.15) is 0 Å². The molecule has 2 nitrogen and oxygen atoms in total. The lowest BCUT2D eigenvalue weighted by Crippen LogP contribution is -2.05. The maximum absolute atomic E-state index is 11.5. The molecule has 0 atom stereocenters. The molecule has 0 aromatic heterocycles. The molecular formula is C17H18ClNO. The van der Waals surface area contributed by atoms with Crippen LogP contribution in [0.15, 0.2) is 48.5 Å². The zero-order valence-electron chi connectivity index (χ0n) is 11.5. The predicted octanol–water partition coefficient (Wildman–Crippen LogP) is 4.59. The number of halogens is 1. The fraction of sp³-hybridized carbons (Fsp3) is 0.235. The molecule has 0 heterocycles. The van der Waals surface area contributed by atoms with Crippen LogP contribution in [-0.2, 0) is 6.42 Å². The van der Waals surface area contributed by atoms with E-state index >= 15 is 0 Å². The van der Waals surface area contributed by atoms with E-state index in [-0.39, 0.29) is 5.78 Å². The number of hydrogen-bond donors (Lipinski definition) is 1. The Kier molecular flexibility index (Phi) is 5.19. The molecule has 20 heavy (non-hydrogen) atoms. The van der Waals surface area contributed by atoms with Gasteiger partial charge in [-0.2, -0.15) is 0 Å². The number of carbonyl (C=O) groups excluding carboxylic acids is 1. The van der Waals surface area contributed by atoms with Crippen LogP contribution in [0.2, 0.25) is 5.02 Å². The Morgan fingerprint density at radius 3 is 2.30 bits per heavy atom. The summed E-state index contributed by atoms with van der Waals surface area (Å²) >= 11 is 5.85. The average molecular weight is 288 g/mol. The Morgan fingerprint density at radius 1 is 1.05 bits per heavy atom. The van der Waals surface area contributed by atoms with Gasteiger partial charge in [0.2, 0.25) is 0 Å². The van der Waals surface area contributed by atoms with Gasteiger partial charge in [-0.05, 0) is 48.4 Å². The van der Waals surface area contributed by atoms with Crippen molar-refractivity contribution in [2.45, 2.75) is 19.8 Å². The van der Waals surface area contributed by atoms with Gasteiger partial charge < -0.3 is 5.32 Å². The molecule has 0 amide bonds. The molecule has 0 bridgehead atoms. The van der Waals surface area contributed by atoms with Gasteiger partial charge in [-0.15, -0.1) is 0 Å². The third-order valence-electron chi connectivity index (χ3n) is 3.18. The van der Waals surface area contributed by atoms with E-state index in [4.69, 9.17) is 11.6 Å². The van der Waals surface area contributed by atoms with Crippen LogP contribution in [0.3, 0.4) is 0 Å². The van der Waals surface area contributed by atoms with E-state index in [9.17, 15) is 4.79 Å². The fourth-order valence-electron chi connectivity index (χ4n) is 1.98. The number of nitrogens with one attached hydrogen (secondary N) is 1. The minimum atomic E-state index is 0.178. The zero-order chi connectivity index (χ0) is 14.4. The summed E-state index contributed by atoms with van der Waals surface area (Å²) in [6.07, 6.45) is 1.48. The number of anilines is 1. The number of ketones is 1. The van der Waals surface area contributed by atoms with E-state index in [0.29, 0.717) is 6.42 Å². The first-order valence-corrected chi connectivity index (χ1v) is 7.18. The van der Waals surface area contributed by atoms with E-state index in [2.05, 4.69) is 5.32 Å². The first-order chi connectivity index (χ1) is 9.69. The monoisotopic (exact) mass is 287 g/mol. The first-order valence-electron chi connectivity index (χ1n) is 6.80. The summed E-state index contributed by atoms with van der Waals surface area (Å²) in [7, 11) is 0. The molecule has 104 valence electrons. The Bertz CT molecular complexity index is 561. The van der Waals surface area contributed by atoms with E-state index < -0.39 is 0 Å². The predicted molar refractivity (Wildman–Crippen MR) is 84.7 cm³/mol. The van der Waals surface area contributed by atoms with Crippen molar-refractivity contribution in [3.8, 4) is 0 Å². The van der Waals surface area contributed by atoms with Crippen LogP contribution in [0.4, 0.5) is 5.69 Å². The van der Waals surface area contributed by atoms with Gasteiger partial charge in [-0.25, -0.2) is 0 Å². The molecule has 2 aromatic carbocycles. The first kappa shape index (κ1) is 14.6. The van der Waals surface area contributed by atoms with Crippen LogP contribution in [-0.4, -0.2) is 12.3 Å². The molecule has 1 N–H and O–H groups in total. The van der Waals surface area contributed by atoms with Gasteiger partial charge in [0.15, 0.2) is 5.78 Å². The van der Waals surface area contributed by atoms with Gasteiger partial charge in [0.25, 0.3) is 0 Å². The lowest BCUT2D eigenvalue weighted by atomic mass is 10.1. The minimum Gasteiger partial charge on any atom is -0.385 e. The molecule has 0 saturated heterocycles. The van der Waals surface area contributed by atoms with Gasteiger partial charge in [0, 0.05) is 29.2 Å². The van der Waals surface area contributed by atoms with Gasteiger partial charge in [0.05, 0.1) is 0 Å². The lowest BCUT2D eigenvalue weighted by molar-refractivity contribution is 0.0988. The Labute approximate surface area is 124 Å². The number of Topliss-reactive ketones (excluding diaryl/α,β-unsaturated/α-hetero) is 1. The largest absolute Gasteiger partial charge is 0.385 e. The summed E-state index contributed by atoms with van der Waals surface area (Å²) in [6.45, 7) is 2.73. The van der Waals surface area contributed by atoms with Gasteiger partial charge >= 0.3 is 0 Å². The van der Waals surface area contributed by atoms with Crippen LogP contribution in [0, 0.1) is 0 Å². The molecule has 0 fully saturated rings. The zero-order valence-corrected chi connectivity index (χ0v) is 12.3. The van der Waals surface area contributed by atoms with Crippen molar-refractivity contribution in [1.29, 1.82) is 0 Å². The normalized spacial score (nSPS) is 10.3. The third kappa shape index (κ3) is 4.10. The van der Waals surface area contributed by atoms with E-state index in [0.717, 1.165) is 29.2 Å². The Balaban J connectivity index is 1.85. The van der Waals surface area contributed by atoms with Crippen LogP contribution in [0.25, 0.3) is 0 Å². The highest BCUT2D eigenvalue weighted by atomic mass is 35.5. The highest BCUT2D eigenvalue weighted by molar-refractivity contribution is 6.30. The van der Waals surface area contributed by atoms with E-state index in [1.807, 2.05) is 55.5 Å². The summed E-state index contributed by atoms with van der Waals surface area (Å²) < 4.78 is 0. The van der Waals surface area contributed by atoms with Crippen molar-refractivity contribution in [2.24, 2.45) is 0 Å². The molecule has 0 radical (unpaired) electrons.